The van der Waals surface area contributed by atoms with Crippen molar-refractivity contribution in [1.29, 1.82) is 0 Å². The number of thioether (sulfide) groups is 1. The Kier molecular flexibility index (Phi) is 5.31. The molecule has 5 nitrogen and oxygen atoms in total. The highest BCUT2D eigenvalue weighted by Gasteiger charge is 2.45. The summed E-state index contributed by atoms with van der Waals surface area (Å²) in [5.41, 5.74) is -0.592. The van der Waals surface area contributed by atoms with Crippen LogP contribution < -0.4 is 10.2 Å². The predicted molar refractivity (Wildman–Crippen MR) is 97.2 cm³/mol. The fourth-order valence-corrected chi connectivity index (χ4v) is 4.69. The topological polar surface area (TPSA) is 61.3 Å². The minimum atomic E-state index is -0.592. The third kappa shape index (κ3) is 3.91. The van der Waals surface area contributed by atoms with E-state index >= 15 is 0 Å². The summed E-state index contributed by atoms with van der Waals surface area (Å²) in [6.45, 7) is 7.14. The van der Waals surface area contributed by atoms with Crippen molar-refractivity contribution in [3.63, 3.8) is 0 Å². The van der Waals surface area contributed by atoms with Crippen LogP contribution >= 0.6 is 11.8 Å². The Hall–Kier alpha value is -1.01. The van der Waals surface area contributed by atoms with Gasteiger partial charge in [0.05, 0.1) is 5.60 Å². The Bertz CT molecular complexity index is 529. The number of nitrogens with one attached hydrogen (secondary N) is 1. The molecule has 1 aromatic heterocycles. The Morgan fingerprint density at radius 2 is 2.30 bits per heavy atom. The maximum Gasteiger partial charge on any atom is 0.134 e. The van der Waals surface area contributed by atoms with Gasteiger partial charge in [-0.1, -0.05) is 13.8 Å². The van der Waals surface area contributed by atoms with Gasteiger partial charge < -0.3 is 15.3 Å². The van der Waals surface area contributed by atoms with Gasteiger partial charge in [-0.05, 0) is 37.4 Å². The third-order valence-electron chi connectivity index (χ3n) is 5.02. The van der Waals surface area contributed by atoms with E-state index in [0.717, 1.165) is 49.2 Å². The lowest BCUT2D eigenvalue weighted by atomic mass is 9.79. The molecule has 1 aromatic rings. The SMILES string of the molecule is CCSC1CCC1(O)CNc1cc(N2CCCC(C)C2)ncn1. The molecule has 3 rings (SSSR count). The minimum Gasteiger partial charge on any atom is -0.387 e. The Labute approximate surface area is 143 Å². The molecule has 2 fully saturated rings. The zero-order chi connectivity index (χ0) is 16.3. The van der Waals surface area contributed by atoms with Crippen molar-refractivity contribution in [1.82, 2.24) is 9.97 Å². The van der Waals surface area contributed by atoms with Crippen molar-refractivity contribution in [2.75, 3.05) is 35.6 Å². The molecular weight excluding hydrogens is 308 g/mol. The second-order valence-electron chi connectivity index (χ2n) is 6.89. The maximum atomic E-state index is 10.7. The number of hydrogen-bond donors (Lipinski definition) is 2. The molecule has 1 saturated carbocycles. The molecule has 1 saturated heterocycles. The van der Waals surface area contributed by atoms with Gasteiger partial charge in [-0.2, -0.15) is 11.8 Å². The van der Waals surface area contributed by atoms with Gasteiger partial charge in [-0.3, -0.25) is 0 Å². The first-order valence-electron chi connectivity index (χ1n) is 8.75. The summed E-state index contributed by atoms with van der Waals surface area (Å²) in [5.74, 6) is 3.58. The summed E-state index contributed by atoms with van der Waals surface area (Å²) in [6, 6.07) is 2.02. The molecule has 3 atom stereocenters. The minimum absolute atomic E-state index is 0.351. The Morgan fingerprint density at radius 1 is 1.43 bits per heavy atom. The normalized spacial score (nSPS) is 30.8. The van der Waals surface area contributed by atoms with E-state index in [1.165, 1.54) is 12.8 Å². The van der Waals surface area contributed by atoms with Crippen LogP contribution in [0.4, 0.5) is 11.6 Å². The first-order valence-corrected chi connectivity index (χ1v) is 9.80. The molecule has 2 heterocycles. The van der Waals surface area contributed by atoms with Crippen LogP contribution in [-0.2, 0) is 0 Å². The average Bonchev–Trinajstić information content (AvgIpc) is 2.57. The van der Waals surface area contributed by atoms with Crippen LogP contribution in [0.5, 0.6) is 0 Å². The highest BCUT2D eigenvalue weighted by molar-refractivity contribution is 8.00. The first-order chi connectivity index (χ1) is 11.1. The maximum absolute atomic E-state index is 10.7. The predicted octanol–water partition coefficient (Wildman–Crippen LogP) is 2.77. The van der Waals surface area contributed by atoms with Gasteiger partial charge in [0.15, 0.2) is 0 Å². The van der Waals surface area contributed by atoms with Gasteiger partial charge in [0.1, 0.15) is 18.0 Å². The van der Waals surface area contributed by atoms with Crippen LogP contribution in [0.25, 0.3) is 0 Å². The van der Waals surface area contributed by atoms with Crippen molar-refractivity contribution >= 4 is 23.4 Å². The van der Waals surface area contributed by atoms with Crippen LogP contribution in [0.2, 0.25) is 0 Å². The van der Waals surface area contributed by atoms with Gasteiger partial charge >= 0.3 is 0 Å². The van der Waals surface area contributed by atoms with Crippen molar-refractivity contribution in [3.05, 3.63) is 12.4 Å². The van der Waals surface area contributed by atoms with E-state index in [1.54, 1.807) is 6.33 Å². The Morgan fingerprint density at radius 3 is 3.00 bits per heavy atom. The van der Waals surface area contributed by atoms with Crippen LogP contribution in [-0.4, -0.2) is 51.3 Å². The molecule has 6 heteroatoms. The monoisotopic (exact) mass is 336 g/mol. The lowest BCUT2D eigenvalue weighted by Crippen LogP contribution is -2.54. The smallest absolute Gasteiger partial charge is 0.134 e. The summed E-state index contributed by atoms with van der Waals surface area (Å²) < 4.78 is 0. The van der Waals surface area contributed by atoms with E-state index in [4.69, 9.17) is 0 Å². The fourth-order valence-electron chi connectivity index (χ4n) is 3.50. The number of hydrogen-bond acceptors (Lipinski definition) is 6. The van der Waals surface area contributed by atoms with E-state index in [9.17, 15) is 5.11 Å². The number of anilines is 2. The molecule has 1 aliphatic carbocycles. The average molecular weight is 337 g/mol. The molecule has 0 amide bonds. The van der Waals surface area contributed by atoms with Crippen LogP contribution in [0.15, 0.2) is 12.4 Å². The second kappa shape index (κ2) is 7.26. The van der Waals surface area contributed by atoms with Crippen molar-refractivity contribution in [3.8, 4) is 0 Å². The third-order valence-corrected chi connectivity index (χ3v) is 6.43. The highest BCUT2D eigenvalue weighted by Crippen LogP contribution is 2.41. The van der Waals surface area contributed by atoms with Crippen molar-refractivity contribution in [2.24, 2.45) is 5.92 Å². The number of aliphatic hydroxyl groups is 1. The van der Waals surface area contributed by atoms with Crippen LogP contribution in [0.1, 0.15) is 39.5 Å². The lowest BCUT2D eigenvalue weighted by molar-refractivity contribution is -0.0120. The zero-order valence-corrected chi connectivity index (χ0v) is 15.0. The molecule has 23 heavy (non-hydrogen) atoms. The summed E-state index contributed by atoms with van der Waals surface area (Å²) >= 11 is 1.86. The van der Waals surface area contributed by atoms with E-state index < -0.39 is 5.60 Å². The van der Waals surface area contributed by atoms with E-state index in [2.05, 4.69) is 34.0 Å². The van der Waals surface area contributed by atoms with Gasteiger partial charge in [0.25, 0.3) is 0 Å². The molecule has 0 aromatic carbocycles. The quantitative estimate of drug-likeness (QED) is 0.833. The molecule has 0 radical (unpaired) electrons. The molecule has 1 aliphatic heterocycles. The van der Waals surface area contributed by atoms with Gasteiger partial charge in [-0.15, -0.1) is 0 Å². The highest BCUT2D eigenvalue weighted by atomic mass is 32.2. The summed E-state index contributed by atoms with van der Waals surface area (Å²) in [5, 5.41) is 14.4. The number of nitrogens with zero attached hydrogens (tertiary/aromatic N) is 3. The largest absolute Gasteiger partial charge is 0.387 e. The molecular formula is C17H28N4OS. The van der Waals surface area contributed by atoms with E-state index in [0.29, 0.717) is 11.8 Å². The van der Waals surface area contributed by atoms with Gasteiger partial charge in [0.2, 0.25) is 0 Å². The van der Waals surface area contributed by atoms with Crippen molar-refractivity contribution < 1.29 is 5.11 Å². The van der Waals surface area contributed by atoms with Crippen molar-refractivity contribution in [2.45, 2.75) is 50.4 Å². The number of piperidine rings is 1. The van der Waals surface area contributed by atoms with E-state index in [-0.39, 0.29) is 0 Å². The molecule has 0 bridgehead atoms. The summed E-state index contributed by atoms with van der Waals surface area (Å²) in [4.78, 5) is 11.1. The fraction of sp³-hybridized carbons (Fsp3) is 0.765. The molecule has 0 spiro atoms. The van der Waals surface area contributed by atoms with E-state index in [1.807, 2.05) is 17.8 Å². The molecule has 128 valence electrons. The van der Waals surface area contributed by atoms with Crippen LogP contribution in [0, 0.1) is 5.92 Å². The second-order valence-corrected chi connectivity index (χ2v) is 8.37. The van der Waals surface area contributed by atoms with Gasteiger partial charge in [0, 0.05) is 31.0 Å². The Balaban J connectivity index is 1.59. The molecule has 2 aliphatic rings. The zero-order valence-electron chi connectivity index (χ0n) is 14.2. The lowest BCUT2D eigenvalue weighted by Gasteiger charge is -2.45. The van der Waals surface area contributed by atoms with Gasteiger partial charge in [-0.25, -0.2) is 9.97 Å². The number of rotatable bonds is 6. The molecule has 2 N–H and O–H groups in total. The summed E-state index contributed by atoms with van der Waals surface area (Å²) in [7, 11) is 0. The molecule has 3 unspecified atom stereocenters. The number of aromatic nitrogens is 2. The standard InChI is InChI=1S/C17H28N4OS/c1-3-23-14-6-7-17(14,22)11-18-15-9-16(20-12-19-15)21-8-4-5-13(2)10-21/h9,12-14,22H,3-8,10-11H2,1-2H3,(H,18,19,20). The summed E-state index contributed by atoms with van der Waals surface area (Å²) in [6.07, 6.45) is 6.14. The first kappa shape index (κ1) is 16.8. The van der Waals surface area contributed by atoms with Crippen LogP contribution in [0.3, 0.4) is 0 Å².